The Morgan fingerprint density at radius 1 is 1.12 bits per heavy atom. The molecule has 0 saturated heterocycles. The monoisotopic (exact) mass is 363 g/mol. The molecule has 0 heterocycles. The van der Waals surface area contributed by atoms with E-state index >= 15 is 0 Å². The number of hydrogen-bond donors (Lipinski definition) is 2. The maximum absolute atomic E-state index is 13.6. The minimum Gasteiger partial charge on any atom is -0.478 e. The van der Waals surface area contributed by atoms with Crippen LogP contribution in [0.5, 0.6) is 5.75 Å². The molecule has 2 aromatic carbocycles. The third-order valence-electron chi connectivity index (χ3n) is 3.76. The minimum absolute atomic E-state index is 0.174. The summed E-state index contributed by atoms with van der Waals surface area (Å²) in [6, 6.07) is 11.0. The van der Waals surface area contributed by atoms with Gasteiger partial charge in [0.15, 0.2) is 0 Å². The molecule has 2 aromatic rings. The number of carbonyl (C=O) groups excluding carboxylic acids is 1. The van der Waals surface area contributed by atoms with E-state index in [-0.39, 0.29) is 18.7 Å². The predicted octanol–water partition coefficient (Wildman–Crippen LogP) is 2.79. The largest absolute Gasteiger partial charge is 0.478 e. The normalized spacial score (nSPS) is 12.9. The zero-order valence-corrected chi connectivity index (χ0v) is 14.1. The van der Waals surface area contributed by atoms with Gasteiger partial charge in [0.25, 0.3) is 0 Å². The number of ether oxygens (including phenoxy) is 1. The Bertz CT molecular complexity index is 764. The van der Waals surface area contributed by atoms with Gasteiger partial charge in [0.1, 0.15) is 17.4 Å². The summed E-state index contributed by atoms with van der Waals surface area (Å²) < 4.78 is 31.8. The second kappa shape index (κ2) is 8.94. The van der Waals surface area contributed by atoms with Crippen molar-refractivity contribution in [3.05, 3.63) is 65.7 Å². The topological polar surface area (TPSA) is 75.6 Å². The van der Waals surface area contributed by atoms with Gasteiger partial charge in [-0.2, -0.15) is 0 Å². The number of hydrogen-bond acceptors (Lipinski definition) is 3. The number of amides is 1. The first-order chi connectivity index (χ1) is 12.4. The van der Waals surface area contributed by atoms with Crippen LogP contribution in [0.2, 0.25) is 0 Å². The van der Waals surface area contributed by atoms with Gasteiger partial charge >= 0.3 is 5.97 Å². The van der Waals surface area contributed by atoms with Crippen LogP contribution in [0.3, 0.4) is 0 Å². The average molecular weight is 363 g/mol. The molecule has 7 heteroatoms. The maximum atomic E-state index is 13.6. The lowest BCUT2D eigenvalue weighted by Gasteiger charge is -2.18. The van der Waals surface area contributed by atoms with Gasteiger partial charge in [-0.3, -0.25) is 4.79 Å². The second-order valence-corrected chi connectivity index (χ2v) is 5.84. The molecule has 5 nitrogen and oxygen atoms in total. The van der Waals surface area contributed by atoms with E-state index in [1.54, 1.807) is 25.1 Å². The fraction of sp³-hybridized carbons (Fsp3) is 0.263. The Kier molecular flexibility index (Phi) is 6.66. The quantitative estimate of drug-likeness (QED) is 0.756. The summed E-state index contributed by atoms with van der Waals surface area (Å²) in [5.74, 6) is -2.92. The number of carboxylic acids is 1. The standard InChI is InChI=1S/C19H19F2NO4/c1-12(10-13-4-2-3-5-16(13)21)18(23)22-11-17(19(24)25)26-15-8-6-14(20)7-9-15/h2-9,12,17H,10-11H2,1H3,(H,22,23)(H,24,25). The molecule has 26 heavy (non-hydrogen) atoms. The van der Waals surface area contributed by atoms with Crippen LogP contribution in [-0.2, 0) is 16.0 Å². The fourth-order valence-electron chi connectivity index (χ4n) is 2.31. The summed E-state index contributed by atoms with van der Waals surface area (Å²) in [7, 11) is 0. The van der Waals surface area contributed by atoms with Gasteiger partial charge < -0.3 is 15.2 Å². The summed E-state index contributed by atoms with van der Waals surface area (Å²) in [4.78, 5) is 23.4. The van der Waals surface area contributed by atoms with Crippen LogP contribution in [0.15, 0.2) is 48.5 Å². The molecule has 2 unspecified atom stereocenters. The fourth-order valence-corrected chi connectivity index (χ4v) is 2.31. The Balaban J connectivity index is 1.91. The summed E-state index contributed by atoms with van der Waals surface area (Å²) in [5, 5.41) is 11.7. The first kappa shape index (κ1) is 19.4. The SMILES string of the molecule is CC(Cc1ccccc1F)C(=O)NCC(Oc1ccc(F)cc1)C(=O)O. The summed E-state index contributed by atoms with van der Waals surface area (Å²) in [6.07, 6.45) is -1.14. The number of aliphatic carboxylic acids is 1. The van der Waals surface area contributed by atoms with Crippen LogP contribution in [0.1, 0.15) is 12.5 Å². The molecule has 138 valence electrons. The maximum Gasteiger partial charge on any atom is 0.346 e. The van der Waals surface area contributed by atoms with Gasteiger partial charge in [-0.1, -0.05) is 25.1 Å². The van der Waals surface area contributed by atoms with Crippen molar-refractivity contribution in [2.45, 2.75) is 19.4 Å². The molecule has 0 aromatic heterocycles. The van der Waals surface area contributed by atoms with E-state index in [0.29, 0.717) is 5.56 Å². The van der Waals surface area contributed by atoms with Gasteiger partial charge in [0, 0.05) is 5.92 Å². The van der Waals surface area contributed by atoms with Crippen molar-refractivity contribution >= 4 is 11.9 Å². The van der Waals surface area contributed by atoms with Crippen LogP contribution < -0.4 is 10.1 Å². The van der Waals surface area contributed by atoms with Crippen molar-refractivity contribution < 1.29 is 28.2 Å². The minimum atomic E-state index is -1.33. The Morgan fingerprint density at radius 3 is 2.38 bits per heavy atom. The number of halogens is 2. The van der Waals surface area contributed by atoms with Crippen LogP contribution in [0.4, 0.5) is 8.78 Å². The highest BCUT2D eigenvalue weighted by Crippen LogP contribution is 2.14. The van der Waals surface area contributed by atoms with Gasteiger partial charge in [0.2, 0.25) is 12.0 Å². The van der Waals surface area contributed by atoms with E-state index in [9.17, 15) is 23.5 Å². The van der Waals surface area contributed by atoms with Crippen LogP contribution in [-0.4, -0.2) is 29.6 Å². The summed E-state index contributed by atoms with van der Waals surface area (Å²) >= 11 is 0. The van der Waals surface area contributed by atoms with Gasteiger partial charge in [-0.15, -0.1) is 0 Å². The molecule has 0 bridgehead atoms. The van der Waals surface area contributed by atoms with E-state index in [1.807, 2.05) is 0 Å². The van der Waals surface area contributed by atoms with Gasteiger partial charge in [-0.25, -0.2) is 13.6 Å². The molecule has 2 N–H and O–H groups in total. The van der Waals surface area contributed by atoms with Crippen LogP contribution in [0.25, 0.3) is 0 Å². The van der Waals surface area contributed by atoms with Crippen molar-refractivity contribution in [1.82, 2.24) is 5.32 Å². The Hall–Kier alpha value is -2.96. The molecule has 1 amide bonds. The Labute approximate surface area is 149 Å². The smallest absolute Gasteiger partial charge is 0.346 e. The van der Waals surface area contributed by atoms with Gasteiger partial charge in [-0.05, 0) is 42.3 Å². The molecule has 0 radical (unpaired) electrons. The third-order valence-corrected chi connectivity index (χ3v) is 3.76. The zero-order chi connectivity index (χ0) is 19.1. The van der Waals surface area contributed by atoms with E-state index in [2.05, 4.69) is 5.32 Å². The molecule has 2 atom stereocenters. The lowest BCUT2D eigenvalue weighted by Crippen LogP contribution is -2.42. The van der Waals surface area contributed by atoms with Crippen molar-refractivity contribution in [2.75, 3.05) is 6.54 Å². The number of carboxylic acid groups (broad SMARTS) is 1. The van der Waals surface area contributed by atoms with Gasteiger partial charge in [0.05, 0.1) is 6.54 Å². The van der Waals surface area contributed by atoms with Crippen molar-refractivity contribution in [3.8, 4) is 5.75 Å². The second-order valence-electron chi connectivity index (χ2n) is 5.84. The van der Waals surface area contributed by atoms with Crippen molar-refractivity contribution in [3.63, 3.8) is 0 Å². The van der Waals surface area contributed by atoms with E-state index < -0.39 is 35.5 Å². The molecule has 0 aliphatic rings. The first-order valence-corrected chi connectivity index (χ1v) is 8.03. The zero-order valence-electron chi connectivity index (χ0n) is 14.1. The summed E-state index contributed by atoms with van der Waals surface area (Å²) in [6.45, 7) is 1.35. The van der Waals surface area contributed by atoms with Crippen LogP contribution >= 0.6 is 0 Å². The average Bonchev–Trinajstić information content (AvgIpc) is 2.61. The third kappa shape index (κ3) is 5.54. The predicted molar refractivity (Wildman–Crippen MR) is 90.7 cm³/mol. The van der Waals surface area contributed by atoms with E-state index in [0.717, 1.165) is 12.1 Å². The number of carbonyl (C=O) groups is 2. The summed E-state index contributed by atoms with van der Waals surface area (Å²) in [5.41, 5.74) is 0.410. The lowest BCUT2D eigenvalue weighted by molar-refractivity contribution is -0.145. The Morgan fingerprint density at radius 2 is 1.77 bits per heavy atom. The highest BCUT2D eigenvalue weighted by Gasteiger charge is 2.22. The molecule has 0 aliphatic carbocycles. The molecule has 0 aliphatic heterocycles. The molecular weight excluding hydrogens is 344 g/mol. The molecule has 0 fully saturated rings. The van der Waals surface area contributed by atoms with Crippen molar-refractivity contribution in [2.24, 2.45) is 5.92 Å². The molecule has 0 saturated carbocycles. The number of benzene rings is 2. The highest BCUT2D eigenvalue weighted by molar-refractivity contribution is 5.80. The van der Waals surface area contributed by atoms with E-state index in [4.69, 9.17) is 4.74 Å². The molecule has 2 rings (SSSR count). The first-order valence-electron chi connectivity index (χ1n) is 8.03. The highest BCUT2D eigenvalue weighted by atomic mass is 19.1. The van der Waals surface area contributed by atoms with Crippen molar-refractivity contribution in [1.29, 1.82) is 0 Å². The lowest BCUT2D eigenvalue weighted by atomic mass is 10.00. The molecule has 0 spiro atoms. The van der Waals surface area contributed by atoms with E-state index in [1.165, 1.54) is 18.2 Å². The number of nitrogens with one attached hydrogen (secondary N) is 1. The molecular formula is C19H19F2NO4. The van der Waals surface area contributed by atoms with Crippen LogP contribution in [0, 0.1) is 17.6 Å². The number of rotatable bonds is 8.